The third kappa shape index (κ3) is 4.44. The van der Waals surface area contributed by atoms with Gasteiger partial charge in [-0.3, -0.25) is 0 Å². The molecule has 32 heavy (non-hydrogen) atoms. The summed E-state index contributed by atoms with van der Waals surface area (Å²) in [5, 5.41) is 12.1. The first-order chi connectivity index (χ1) is 15.4. The van der Waals surface area contributed by atoms with Crippen molar-refractivity contribution in [3.8, 4) is 11.1 Å². The summed E-state index contributed by atoms with van der Waals surface area (Å²) in [5.74, 6) is -1.18. The Bertz CT molecular complexity index is 1080. The second-order valence-electron chi connectivity index (χ2n) is 8.13. The summed E-state index contributed by atoms with van der Waals surface area (Å²) in [4.78, 5) is 26.2. The maximum Gasteiger partial charge on any atom is 0.407 e. The van der Waals surface area contributed by atoms with Crippen molar-refractivity contribution in [3.05, 3.63) is 89.5 Å². The average Bonchev–Trinajstić information content (AvgIpc) is 3.11. The number of rotatable bonds is 7. The molecule has 0 saturated carbocycles. The Hall–Kier alpha value is -3.80. The predicted molar refractivity (Wildman–Crippen MR) is 124 cm³/mol. The summed E-state index contributed by atoms with van der Waals surface area (Å²) in [7, 11) is 3.88. The average molecular weight is 431 g/mol. The number of carbonyl (C=O) groups is 2. The standard InChI is InChI=1S/C26H26N2O4/c1-28(2)18-13-11-17(12-14-18)15-24(25(29)30)27-26(31)32-16-23-21-9-5-3-7-19(21)20-8-4-6-10-22(20)23/h3-14,23-24H,15-16H2,1-2H3,(H,27,31)(H,29,30)/t24-/m1/s1. The number of ether oxygens (including phenoxy) is 1. The monoisotopic (exact) mass is 430 g/mol. The first-order valence-electron chi connectivity index (χ1n) is 10.5. The highest BCUT2D eigenvalue weighted by Crippen LogP contribution is 2.44. The molecule has 1 amide bonds. The highest BCUT2D eigenvalue weighted by Gasteiger charge is 2.29. The molecular weight excluding hydrogens is 404 g/mol. The molecule has 1 atom stereocenters. The SMILES string of the molecule is CN(C)c1ccc(C[C@@H](NC(=O)OCC2c3ccccc3-c3ccccc32)C(=O)O)cc1. The van der Waals surface area contributed by atoms with Gasteiger partial charge in [-0.2, -0.15) is 0 Å². The smallest absolute Gasteiger partial charge is 0.407 e. The molecule has 6 nitrogen and oxygen atoms in total. The molecule has 2 N–H and O–H groups in total. The molecule has 4 rings (SSSR count). The number of carboxylic acid groups (broad SMARTS) is 1. The van der Waals surface area contributed by atoms with E-state index in [-0.39, 0.29) is 18.9 Å². The van der Waals surface area contributed by atoms with Gasteiger partial charge in [0.25, 0.3) is 0 Å². The summed E-state index contributed by atoms with van der Waals surface area (Å²) in [6.45, 7) is 0.143. The van der Waals surface area contributed by atoms with Gasteiger partial charge in [-0.1, -0.05) is 60.7 Å². The summed E-state index contributed by atoms with van der Waals surface area (Å²) in [6.07, 6.45) is -0.558. The predicted octanol–water partition coefficient (Wildman–Crippen LogP) is 4.29. The van der Waals surface area contributed by atoms with Crippen LogP contribution in [0.15, 0.2) is 72.8 Å². The molecule has 164 valence electrons. The lowest BCUT2D eigenvalue weighted by Gasteiger charge is -2.18. The number of amides is 1. The quantitative estimate of drug-likeness (QED) is 0.585. The molecular formula is C26H26N2O4. The summed E-state index contributed by atoms with van der Waals surface area (Å²) in [6, 6.07) is 22.6. The van der Waals surface area contributed by atoms with Gasteiger partial charge in [0.2, 0.25) is 0 Å². The van der Waals surface area contributed by atoms with Gasteiger partial charge in [0, 0.05) is 32.1 Å². The van der Waals surface area contributed by atoms with E-state index in [4.69, 9.17) is 4.74 Å². The van der Waals surface area contributed by atoms with E-state index >= 15 is 0 Å². The van der Waals surface area contributed by atoms with Gasteiger partial charge in [0.1, 0.15) is 12.6 Å². The fourth-order valence-corrected chi connectivity index (χ4v) is 4.15. The van der Waals surface area contributed by atoms with Crippen LogP contribution in [-0.4, -0.2) is 43.9 Å². The molecule has 0 unspecified atom stereocenters. The van der Waals surface area contributed by atoms with Crippen LogP contribution in [0, 0.1) is 0 Å². The van der Waals surface area contributed by atoms with Crippen LogP contribution < -0.4 is 10.2 Å². The number of hydrogen-bond acceptors (Lipinski definition) is 4. The van der Waals surface area contributed by atoms with Crippen molar-refractivity contribution in [1.82, 2.24) is 5.32 Å². The second-order valence-corrected chi connectivity index (χ2v) is 8.13. The van der Waals surface area contributed by atoms with Crippen molar-refractivity contribution in [2.75, 3.05) is 25.6 Å². The summed E-state index contributed by atoms with van der Waals surface area (Å²) in [5.41, 5.74) is 6.34. The maximum atomic E-state index is 12.5. The van der Waals surface area contributed by atoms with E-state index in [0.717, 1.165) is 33.5 Å². The Morgan fingerprint density at radius 3 is 2.03 bits per heavy atom. The molecule has 0 radical (unpaired) electrons. The van der Waals surface area contributed by atoms with Crippen LogP contribution in [-0.2, 0) is 16.0 Å². The van der Waals surface area contributed by atoms with Crippen LogP contribution in [0.2, 0.25) is 0 Å². The first-order valence-corrected chi connectivity index (χ1v) is 10.5. The zero-order chi connectivity index (χ0) is 22.7. The molecule has 1 aliphatic carbocycles. The normalized spacial score (nSPS) is 13.1. The number of anilines is 1. The zero-order valence-corrected chi connectivity index (χ0v) is 18.1. The molecule has 0 spiro atoms. The van der Waals surface area contributed by atoms with Crippen LogP contribution in [0.25, 0.3) is 11.1 Å². The highest BCUT2D eigenvalue weighted by molar-refractivity contribution is 5.81. The van der Waals surface area contributed by atoms with Crippen molar-refractivity contribution in [1.29, 1.82) is 0 Å². The van der Waals surface area contributed by atoms with E-state index in [1.54, 1.807) is 0 Å². The van der Waals surface area contributed by atoms with Gasteiger partial charge in [-0.25, -0.2) is 9.59 Å². The Morgan fingerprint density at radius 1 is 0.938 bits per heavy atom. The highest BCUT2D eigenvalue weighted by atomic mass is 16.5. The number of nitrogens with one attached hydrogen (secondary N) is 1. The molecule has 0 aromatic heterocycles. The molecule has 0 bridgehead atoms. The fraction of sp³-hybridized carbons (Fsp3) is 0.231. The lowest BCUT2D eigenvalue weighted by atomic mass is 9.98. The Morgan fingerprint density at radius 2 is 1.50 bits per heavy atom. The Labute approximate surface area is 187 Å². The van der Waals surface area contributed by atoms with Gasteiger partial charge < -0.3 is 20.1 Å². The number of benzene rings is 3. The molecule has 3 aromatic carbocycles. The number of alkyl carbamates (subject to hydrolysis) is 1. The van der Waals surface area contributed by atoms with E-state index in [2.05, 4.69) is 17.4 Å². The molecule has 6 heteroatoms. The van der Waals surface area contributed by atoms with Crippen molar-refractivity contribution in [2.24, 2.45) is 0 Å². The van der Waals surface area contributed by atoms with Crippen LogP contribution >= 0.6 is 0 Å². The molecule has 3 aromatic rings. The largest absolute Gasteiger partial charge is 0.480 e. The molecule has 0 heterocycles. The Balaban J connectivity index is 1.41. The third-order valence-electron chi connectivity index (χ3n) is 5.83. The van der Waals surface area contributed by atoms with Gasteiger partial charge in [0.05, 0.1) is 0 Å². The number of nitrogens with zero attached hydrogens (tertiary/aromatic N) is 1. The molecule has 0 saturated heterocycles. The minimum absolute atomic E-state index is 0.0741. The first kappa shape index (κ1) is 21.4. The van der Waals surface area contributed by atoms with Gasteiger partial charge in [-0.15, -0.1) is 0 Å². The molecule has 1 aliphatic rings. The van der Waals surface area contributed by atoms with Crippen LogP contribution in [0.5, 0.6) is 0 Å². The number of carbonyl (C=O) groups excluding carboxylic acids is 1. The van der Waals surface area contributed by atoms with Crippen LogP contribution in [0.1, 0.15) is 22.6 Å². The van der Waals surface area contributed by atoms with E-state index in [1.165, 1.54) is 0 Å². The van der Waals surface area contributed by atoms with Gasteiger partial charge in [0.15, 0.2) is 0 Å². The van der Waals surface area contributed by atoms with E-state index in [9.17, 15) is 14.7 Å². The van der Waals surface area contributed by atoms with E-state index in [1.807, 2.05) is 79.7 Å². The van der Waals surface area contributed by atoms with Crippen molar-refractivity contribution in [3.63, 3.8) is 0 Å². The van der Waals surface area contributed by atoms with E-state index < -0.39 is 18.1 Å². The second kappa shape index (κ2) is 9.14. The summed E-state index contributed by atoms with van der Waals surface area (Å²) >= 11 is 0. The third-order valence-corrected chi connectivity index (χ3v) is 5.83. The van der Waals surface area contributed by atoms with Gasteiger partial charge >= 0.3 is 12.1 Å². The Kier molecular flexibility index (Phi) is 6.12. The fourth-order valence-electron chi connectivity index (χ4n) is 4.15. The topological polar surface area (TPSA) is 78.9 Å². The number of fused-ring (bicyclic) bond motifs is 3. The number of carboxylic acids is 1. The number of hydrogen-bond donors (Lipinski definition) is 2. The lowest BCUT2D eigenvalue weighted by molar-refractivity contribution is -0.139. The minimum atomic E-state index is -1.10. The lowest BCUT2D eigenvalue weighted by Crippen LogP contribution is -2.42. The maximum absolute atomic E-state index is 12.5. The van der Waals surface area contributed by atoms with Crippen molar-refractivity contribution >= 4 is 17.7 Å². The molecule has 0 fully saturated rings. The van der Waals surface area contributed by atoms with Crippen molar-refractivity contribution in [2.45, 2.75) is 18.4 Å². The molecule has 0 aliphatic heterocycles. The zero-order valence-electron chi connectivity index (χ0n) is 18.1. The number of aliphatic carboxylic acids is 1. The summed E-state index contributed by atoms with van der Waals surface area (Å²) < 4.78 is 5.49. The van der Waals surface area contributed by atoms with Crippen LogP contribution in [0.4, 0.5) is 10.5 Å². The van der Waals surface area contributed by atoms with Gasteiger partial charge in [-0.05, 0) is 39.9 Å². The van der Waals surface area contributed by atoms with Crippen LogP contribution in [0.3, 0.4) is 0 Å². The van der Waals surface area contributed by atoms with E-state index in [0.29, 0.717) is 0 Å². The minimum Gasteiger partial charge on any atom is -0.480 e. The van der Waals surface area contributed by atoms with Crippen molar-refractivity contribution < 1.29 is 19.4 Å².